The van der Waals surface area contributed by atoms with Crippen molar-refractivity contribution in [3.8, 4) is 5.75 Å². The molecule has 0 bridgehead atoms. The number of methoxy groups -OCH3 is 1. The Balaban J connectivity index is 1.98. The van der Waals surface area contributed by atoms with E-state index in [4.69, 9.17) is 4.74 Å². The average molecular weight is 218 g/mol. The highest BCUT2D eigenvalue weighted by Gasteiger charge is 2.53. The van der Waals surface area contributed by atoms with Crippen LogP contribution in [0.2, 0.25) is 0 Å². The van der Waals surface area contributed by atoms with Gasteiger partial charge in [-0.2, -0.15) is 0 Å². The fourth-order valence-electron chi connectivity index (χ4n) is 3.57. The number of hydrogen-bond acceptors (Lipinski definition) is 2. The van der Waals surface area contributed by atoms with Gasteiger partial charge in [-0.05, 0) is 47.4 Å². The number of aliphatic hydroxyl groups excluding tert-OH is 1. The molecule has 3 rings (SSSR count). The normalized spacial score (nSPS) is 35.2. The Morgan fingerprint density at radius 1 is 1.44 bits per heavy atom. The summed E-state index contributed by atoms with van der Waals surface area (Å²) >= 11 is 0. The van der Waals surface area contributed by atoms with Crippen LogP contribution in [0.4, 0.5) is 0 Å². The van der Waals surface area contributed by atoms with Gasteiger partial charge in [0.15, 0.2) is 0 Å². The van der Waals surface area contributed by atoms with Gasteiger partial charge < -0.3 is 9.84 Å². The highest BCUT2D eigenvalue weighted by molar-refractivity contribution is 5.45. The number of rotatable bonds is 2. The lowest BCUT2D eigenvalue weighted by Gasteiger charge is -2.46. The minimum atomic E-state index is -0.0894. The third kappa shape index (κ3) is 1.17. The molecule has 1 saturated carbocycles. The third-order valence-corrected chi connectivity index (χ3v) is 4.44. The topological polar surface area (TPSA) is 29.5 Å². The van der Waals surface area contributed by atoms with E-state index >= 15 is 0 Å². The fraction of sp³-hybridized carbons (Fsp3) is 0.571. The zero-order valence-electron chi connectivity index (χ0n) is 9.81. The molecule has 0 aromatic heterocycles. The maximum Gasteiger partial charge on any atom is 0.119 e. The van der Waals surface area contributed by atoms with Crippen molar-refractivity contribution in [2.24, 2.45) is 11.8 Å². The Hall–Kier alpha value is -1.02. The van der Waals surface area contributed by atoms with E-state index in [1.807, 2.05) is 6.07 Å². The lowest BCUT2D eigenvalue weighted by molar-refractivity contribution is -0.0582. The zero-order chi connectivity index (χ0) is 11.3. The number of aliphatic hydroxyl groups is 1. The summed E-state index contributed by atoms with van der Waals surface area (Å²) in [7, 11) is 1.71. The summed E-state index contributed by atoms with van der Waals surface area (Å²) in [5.74, 6) is 2.44. The second-order valence-corrected chi connectivity index (χ2v) is 5.02. The molecule has 0 spiro atoms. The van der Waals surface area contributed by atoms with Crippen LogP contribution in [-0.2, 0) is 6.42 Å². The fourth-order valence-corrected chi connectivity index (χ4v) is 3.57. The van der Waals surface area contributed by atoms with Gasteiger partial charge in [0.05, 0.1) is 13.2 Å². The second kappa shape index (κ2) is 3.49. The second-order valence-electron chi connectivity index (χ2n) is 5.02. The summed E-state index contributed by atoms with van der Waals surface area (Å²) < 4.78 is 5.28. The standard InChI is InChI=1S/C14H18O2/c1-3-10-13-11-7-9(16-2)5-4-8(11)6-12(13)14(10)15/h4-5,7,10,12-15H,3,6H2,1-2H3. The van der Waals surface area contributed by atoms with E-state index < -0.39 is 0 Å². The van der Waals surface area contributed by atoms with E-state index in [0.717, 1.165) is 18.6 Å². The van der Waals surface area contributed by atoms with E-state index in [0.29, 0.717) is 17.8 Å². The van der Waals surface area contributed by atoms with Crippen LogP contribution < -0.4 is 4.74 Å². The van der Waals surface area contributed by atoms with Crippen molar-refractivity contribution in [1.82, 2.24) is 0 Å². The van der Waals surface area contributed by atoms with Crippen LogP contribution in [0.1, 0.15) is 30.4 Å². The highest BCUT2D eigenvalue weighted by Crippen LogP contribution is 2.56. The van der Waals surface area contributed by atoms with E-state index in [1.165, 1.54) is 11.1 Å². The van der Waals surface area contributed by atoms with Crippen molar-refractivity contribution in [1.29, 1.82) is 0 Å². The summed E-state index contributed by atoms with van der Waals surface area (Å²) in [6.45, 7) is 2.17. The van der Waals surface area contributed by atoms with Crippen molar-refractivity contribution < 1.29 is 9.84 Å². The molecule has 0 radical (unpaired) electrons. The largest absolute Gasteiger partial charge is 0.497 e. The number of fused-ring (bicyclic) bond motifs is 3. The molecule has 2 aliphatic carbocycles. The molecule has 4 atom stereocenters. The minimum Gasteiger partial charge on any atom is -0.497 e. The van der Waals surface area contributed by atoms with Gasteiger partial charge in [-0.3, -0.25) is 0 Å². The van der Waals surface area contributed by atoms with Crippen LogP contribution >= 0.6 is 0 Å². The summed E-state index contributed by atoms with van der Waals surface area (Å²) in [5, 5.41) is 10.0. The maximum absolute atomic E-state index is 10.0. The summed E-state index contributed by atoms with van der Waals surface area (Å²) in [4.78, 5) is 0. The smallest absolute Gasteiger partial charge is 0.119 e. The Morgan fingerprint density at radius 3 is 2.94 bits per heavy atom. The molecule has 2 nitrogen and oxygen atoms in total. The minimum absolute atomic E-state index is 0.0894. The van der Waals surface area contributed by atoms with Gasteiger partial charge in [0, 0.05) is 0 Å². The molecule has 4 unspecified atom stereocenters. The van der Waals surface area contributed by atoms with Gasteiger partial charge in [0.1, 0.15) is 5.75 Å². The molecule has 86 valence electrons. The molecule has 2 heteroatoms. The molecule has 0 heterocycles. The Morgan fingerprint density at radius 2 is 2.25 bits per heavy atom. The predicted octanol–water partition coefficient (Wildman–Crippen LogP) is 2.35. The molecular weight excluding hydrogens is 200 g/mol. The summed E-state index contributed by atoms with van der Waals surface area (Å²) in [5.41, 5.74) is 2.83. The van der Waals surface area contributed by atoms with Crippen LogP contribution in [0, 0.1) is 11.8 Å². The van der Waals surface area contributed by atoms with E-state index in [1.54, 1.807) is 7.11 Å². The third-order valence-electron chi connectivity index (χ3n) is 4.44. The first kappa shape index (κ1) is 10.2. The van der Waals surface area contributed by atoms with Gasteiger partial charge in [-0.1, -0.05) is 19.4 Å². The van der Waals surface area contributed by atoms with E-state index in [9.17, 15) is 5.11 Å². The van der Waals surface area contributed by atoms with Crippen molar-refractivity contribution in [2.45, 2.75) is 31.8 Å². The predicted molar refractivity (Wildman–Crippen MR) is 62.7 cm³/mol. The molecule has 16 heavy (non-hydrogen) atoms. The van der Waals surface area contributed by atoms with Crippen LogP contribution in [0.25, 0.3) is 0 Å². The molecular formula is C14H18O2. The van der Waals surface area contributed by atoms with Gasteiger partial charge in [-0.15, -0.1) is 0 Å². The molecule has 2 aliphatic rings. The molecule has 0 saturated heterocycles. The maximum atomic E-state index is 10.0. The van der Waals surface area contributed by atoms with Crippen molar-refractivity contribution in [3.63, 3.8) is 0 Å². The van der Waals surface area contributed by atoms with Crippen molar-refractivity contribution in [2.75, 3.05) is 7.11 Å². The lowest BCUT2D eigenvalue weighted by atomic mass is 9.61. The SMILES string of the molecule is CCC1C(O)C2Cc3ccc(OC)cc3C12. The van der Waals surface area contributed by atoms with Crippen LogP contribution in [0.5, 0.6) is 5.75 Å². The van der Waals surface area contributed by atoms with Gasteiger partial charge in [-0.25, -0.2) is 0 Å². The molecule has 0 amide bonds. The van der Waals surface area contributed by atoms with Crippen LogP contribution in [-0.4, -0.2) is 18.3 Å². The number of hydrogen-bond donors (Lipinski definition) is 1. The van der Waals surface area contributed by atoms with Gasteiger partial charge in [0.2, 0.25) is 0 Å². The average Bonchev–Trinajstić information content (AvgIpc) is 2.64. The first-order valence-electron chi connectivity index (χ1n) is 6.11. The zero-order valence-corrected chi connectivity index (χ0v) is 9.81. The van der Waals surface area contributed by atoms with Gasteiger partial charge >= 0.3 is 0 Å². The summed E-state index contributed by atoms with van der Waals surface area (Å²) in [6.07, 6.45) is 2.02. The number of ether oxygens (including phenoxy) is 1. The van der Waals surface area contributed by atoms with E-state index in [-0.39, 0.29) is 6.10 Å². The molecule has 1 fully saturated rings. The Kier molecular flexibility index (Phi) is 2.21. The van der Waals surface area contributed by atoms with Gasteiger partial charge in [0.25, 0.3) is 0 Å². The Bertz CT molecular complexity index is 407. The number of benzene rings is 1. The quantitative estimate of drug-likeness (QED) is 0.825. The monoisotopic (exact) mass is 218 g/mol. The van der Waals surface area contributed by atoms with E-state index in [2.05, 4.69) is 19.1 Å². The first-order valence-corrected chi connectivity index (χ1v) is 6.11. The van der Waals surface area contributed by atoms with Crippen molar-refractivity contribution in [3.05, 3.63) is 29.3 Å². The lowest BCUT2D eigenvalue weighted by Crippen LogP contribution is -2.47. The van der Waals surface area contributed by atoms with Crippen molar-refractivity contribution >= 4 is 0 Å². The highest BCUT2D eigenvalue weighted by atomic mass is 16.5. The molecule has 0 aliphatic heterocycles. The molecule has 1 aromatic rings. The summed E-state index contributed by atoms with van der Waals surface area (Å²) in [6, 6.07) is 6.34. The molecule has 1 N–H and O–H groups in total. The Labute approximate surface area is 96.2 Å². The van der Waals surface area contributed by atoms with Crippen LogP contribution in [0.3, 0.4) is 0 Å². The molecule has 1 aromatic carbocycles. The first-order chi connectivity index (χ1) is 7.76. The van der Waals surface area contributed by atoms with Crippen LogP contribution in [0.15, 0.2) is 18.2 Å².